The van der Waals surface area contributed by atoms with Crippen LogP contribution >= 0.6 is 0 Å². The number of amides is 1. The van der Waals surface area contributed by atoms with Crippen molar-refractivity contribution in [1.29, 1.82) is 0 Å². The molecule has 1 saturated carbocycles. The molecule has 2 aromatic carbocycles. The normalized spacial score (nSPS) is 14.6. The van der Waals surface area contributed by atoms with Crippen molar-refractivity contribution in [3.8, 4) is 17.5 Å². The third-order valence-corrected chi connectivity index (χ3v) is 10.2. The number of carbonyl (C=O) groups excluding carboxylic acids is 1. The maximum absolute atomic E-state index is 14.8. The summed E-state index contributed by atoms with van der Waals surface area (Å²) in [7, 11) is -2.25. The summed E-state index contributed by atoms with van der Waals surface area (Å²) in [5.41, 5.74) is 3.42. The average molecular weight is 706 g/mol. The number of anilines is 1. The van der Waals surface area contributed by atoms with Crippen molar-refractivity contribution in [2.45, 2.75) is 51.1 Å². The number of rotatable bonds is 8. The van der Waals surface area contributed by atoms with Crippen LogP contribution in [0.4, 0.5) is 10.2 Å². The lowest BCUT2D eigenvalue weighted by atomic mass is 9.85. The number of carbonyl (C=O) groups is 1. The molecule has 1 fully saturated rings. The van der Waals surface area contributed by atoms with Gasteiger partial charge in [-0.2, -0.15) is 18.2 Å². The van der Waals surface area contributed by atoms with Crippen LogP contribution in [0.1, 0.15) is 70.5 Å². The first-order chi connectivity index (χ1) is 24.6. The van der Waals surface area contributed by atoms with Gasteiger partial charge >= 0.3 is 10.2 Å². The number of hydrogen-bond donors (Lipinski definition) is 3. The van der Waals surface area contributed by atoms with Crippen molar-refractivity contribution in [1.82, 2.24) is 39.0 Å². The smallest absolute Gasteiger partial charge is 0.300 e. The monoisotopic (exact) mass is 705 g/mol. The fraction of sp³-hybridized carbons (Fsp3) is 0.250. The third kappa shape index (κ3) is 6.13. The molecule has 4 heterocycles. The van der Waals surface area contributed by atoms with Gasteiger partial charge in [0.05, 0.1) is 34.6 Å². The molecule has 3 N–H and O–H groups in total. The Hall–Kier alpha value is -5.85. The van der Waals surface area contributed by atoms with E-state index in [1.165, 1.54) is 33.5 Å². The SMILES string of the molecule is C[C@H](NC(=O)c1c(NS(=O)(=O)NC2CC2)nn2cccnc12)c1c2c3c(ccc(C#Cc4cnn(C)c4)c3c(=O)n1-c1cccc(F)c1)CCC2. The number of hydrogen-bond acceptors (Lipinski definition) is 7. The van der Waals surface area contributed by atoms with Gasteiger partial charge < -0.3 is 5.32 Å². The molecule has 13 nitrogen and oxygen atoms in total. The summed E-state index contributed by atoms with van der Waals surface area (Å²) in [5, 5.41) is 12.7. The maximum Gasteiger partial charge on any atom is 0.300 e. The largest absolute Gasteiger partial charge is 0.344 e. The Bertz CT molecular complexity index is 2630. The lowest BCUT2D eigenvalue weighted by molar-refractivity contribution is 0.0941. The zero-order valence-electron chi connectivity index (χ0n) is 27.6. The highest BCUT2D eigenvalue weighted by atomic mass is 32.2. The second-order valence-corrected chi connectivity index (χ2v) is 14.3. The van der Waals surface area contributed by atoms with Crippen LogP contribution in [0.3, 0.4) is 0 Å². The molecular weight excluding hydrogens is 674 g/mol. The summed E-state index contributed by atoms with van der Waals surface area (Å²) < 4.78 is 50.0. The molecule has 1 atom stereocenters. The molecule has 0 aliphatic heterocycles. The van der Waals surface area contributed by atoms with Gasteiger partial charge in [0.15, 0.2) is 11.5 Å². The molecule has 0 spiro atoms. The molecule has 258 valence electrons. The van der Waals surface area contributed by atoms with Crippen molar-refractivity contribution in [3.05, 3.63) is 117 Å². The highest BCUT2D eigenvalue weighted by Gasteiger charge is 2.32. The maximum atomic E-state index is 14.8. The van der Waals surface area contributed by atoms with Crippen molar-refractivity contribution in [3.63, 3.8) is 0 Å². The second-order valence-electron chi connectivity index (χ2n) is 12.8. The molecule has 2 aliphatic rings. The molecular formula is C36H32FN9O4S. The van der Waals surface area contributed by atoms with Gasteiger partial charge in [-0.15, -0.1) is 5.10 Å². The van der Waals surface area contributed by atoms with Gasteiger partial charge in [0.1, 0.15) is 11.4 Å². The summed E-state index contributed by atoms with van der Waals surface area (Å²) in [5.74, 6) is 4.88. The fourth-order valence-corrected chi connectivity index (χ4v) is 7.88. The van der Waals surface area contributed by atoms with Crippen molar-refractivity contribution in [2.24, 2.45) is 7.05 Å². The van der Waals surface area contributed by atoms with Crippen LogP contribution in [0.2, 0.25) is 0 Å². The molecule has 1 amide bonds. The number of aryl methyl sites for hydroxylation is 3. The Morgan fingerprint density at radius 3 is 2.71 bits per heavy atom. The number of aromatic nitrogens is 6. The van der Waals surface area contributed by atoms with Crippen molar-refractivity contribution < 1.29 is 17.6 Å². The summed E-state index contributed by atoms with van der Waals surface area (Å²) >= 11 is 0. The van der Waals surface area contributed by atoms with E-state index in [1.807, 2.05) is 12.1 Å². The number of nitrogens with one attached hydrogen (secondary N) is 3. The Morgan fingerprint density at radius 2 is 1.94 bits per heavy atom. The zero-order valence-corrected chi connectivity index (χ0v) is 28.5. The van der Waals surface area contributed by atoms with Crippen LogP contribution in [0.5, 0.6) is 0 Å². The van der Waals surface area contributed by atoms with E-state index in [2.05, 4.69) is 41.8 Å². The van der Waals surface area contributed by atoms with Crippen molar-refractivity contribution >= 4 is 38.4 Å². The average Bonchev–Trinajstić information content (AvgIpc) is 3.67. The van der Waals surface area contributed by atoms with Gasteiger partial charge in [0.25, 0.3) is 11.5 Å². The first-order valence-corrected chi connectivity index (χ1v) is 18.0. The van der Waals surface area contributed by atoms with Crippen molar-refractivity contribution in [2.75, 3.05) is 4.72 Å². The number of pyridine rings is 1. The summed E-state index contributed by atoms with van der Waals surface area (Å²) in [6.07, 6.45) is 10.0. The third-order valence-electron chi connectivity index (χ3n) is 9.06. The van der Waals surface area contributed by atoms with Crippen LogP contribution < -0.4 is 20.3 Å². The molecule has 4 aromatic heterocycles. The Balaban J connectivity index is 1.28. The summed E-state index contributed by atoms with van der Waals surface area (Å²) in [4.78, 5) is 33.3. The van der Waals surface area contributed by atoms with E-state index >= 15 is 0 Å². The van der Waals surface area contributed by atoms with Gasteiger partial charge in [0, 0.05) is 37.2 Å². The molecule has 15 heteroatoms. The minimum atomic E-state index is -4.05. The van der Waals surface area contributed by atoms with Crippen LogP contribution in [-0.2, 0) is 30.1 Å². The van der Waals surface area contributed by atoms with E-state index in [-0.39, 0.29) is 28.8 Å². The molecule has 0 bridgehead atoms. The highest BCUT2D eigenvalue weighted by molar-refractivity contribution is 7.90. The quantitative estimate of drug-likeness (QED) is 0.204. The Morgan fingerprint density at radius 1 is 1.10 bits per heavy atom. The van der Waals surface area contributed by atoms with E-state index in [0.29, 0.717) is 28.6 Å². The Labute approximate surface area is 291 Å². The van der Waals surface area contributed by atoms with Gasteiger partial charge in [-0.1, -0.05) is 24.0 Å². The lowest BCUT2D eigenvalue weighted by Gasteiger charge is -2.28. The predicted octanol–water partition coefficient (Wildman–Crippen LogP) is 3.69. The van der Waals surface area contributed by atoms with Crippen LogP contribution in [0.15, 0.2) is 72.0 Å². The first-order valence-electron chi connectivity index (χ1n) is 16.5. The topological polar surface area (TPSA) is 157 Å². The molecule has 0 saturated heterocycles. The number of fused-ring (bicyclic) bond motifs is 1. The Kier molecular flexibility index (Phi) is 7.92. The van der Waals surface area contributed by atoms with Gasteiger partial charge in [-0.3, -0.25) is 23.6 Å². The van der Waals surface area contributed by atoms with Crippen LogP contribution in [0, 0.1) is 17.7 Å². The molecule has 0 radical (unpaired) electrons. The van der Waals surface area contributed by atoms with Gasteiger partial charge in [0.2, 0.25) is 0 Å². The minimum Gasteiger partial charge on any atom is -0.344 e. The van der Waals surface area contributed by atoms with E-state index in [0.717, 1.165) is 42.2 Å². The van der Waals surface area contributed by atoms with E-state index < -0.39 is 33.5 Å². The standard InChI is InChI=1S/C36H32FN9O4S/c1-21(40-35(47)31-33(41-45-17-5-16-38-34(31)45)43-51(49,50)42-26-14-15-26)32-28-9-3-6-23-12-13-24(11-10-22-19-39-44(2)20-22)30(29(23)28)36(48)46(32)27-8-4-7-25(37)18-27/h4-5,7-8,12-13,16-21,26,42H,3,6,9,14-15H2,1-2H3,(H,40,47)(H,41,43)/t21-/m0/s1. The van der Waals surface area contributed by atoms with E-state index in [1.54, 1.807) is 49.4 Å². The number of halogens is 1. The van der Waals surface area contributed by atoms with Crippen LogP contribution in [-0.4, -0.2) is 49.3 Å². The number of nitrogens with zero attached hydrogens (tertiary/aromatic N) is 6. The van der Waals surface area contributed by atoms with E-state index in [9.17, 15) is 22.4 Å². The summed E-state index contributed by atoms with van der Waals surface area (Å²) in [6.45, 7) is 1.74. The molecule has 2 aliphatic carbocycles. The van der Waals surface area contributed by atoms with Gasteiger partial charge in [-0.05, 0) is 85.9 Å². The molecule has 8 rings (SSSR count). The zero-order chi connectivity index (χ0) is 35.4. The minimum absolute atomic E-state index is 0.0913. The number of benzene rings is 2. The first kappa shape index (κ1) is 32.4. The predicted molar refractivity (Wildman–Crippen MR) is 188 cm³/mol. The molecule has 6 aromatic rings. The molecule has 51 heavy (non-hydrogen) atoms. The van der Waals surface area contributed by atoms with Gasteiger partial charge in [-0.25, -0.2) is 13.9 Å². The molecule has 0 unspecified atom stereocenters. The highest BCUT2D eigenvalue weighted by Crippen LogP contribution is 2.36. The van der Waals surface area contributed by atoms with E-state index in [4.69, 9.17) is 0 Å². The van der Waals surface area contributed by atoms with Crippen LogP contribution in [0.25, 0.3) is 22.1 Å². The fourth-order valence-electron chi connectivity index (χ4n) is 6.75. The lowest BCUT2D eigenvalue weighted by Crippen LogP contribution is -2.35. The summed E-state index contributed by atoms with van der Waals surface area (Å²) in [6, 6.07) is 10.2. The second kappa shape index (κ2) is 12.5.